The van der Waals surface area contributed by atoms with E-state index in [2.05, 4.69) is 6.58 Å². The van der Waals surface area contributed by atoms with Gasteiger partial charge in [0.2, 0.25) is 10.0 Å². The molecule has 0 atom stereocenters. The van der Waals surface area contributed by atoms with Crippen LogP contribution in [0.15, 0.2) is 47.4 Å². The summed E-state index contributed by atoms with van der Waals surface area (Å²) in [6, 6.07) is 8.22. The summed E-state index contributed by atoms with van der Waals surface area (Å²) in [5, 5.41) is 9.00. The van der Waals surface area contributed by atoms with Gasteiger partial charge in [0.05, 0.1) is 11.5 Å². The first-order chi connectivity index (χ1) is 8.52. The molecule has 100 valence electrons. The highest BCUT2D eigenvalue weighted by molar-refractivity contribution is 7.89. The summed E-state index contributed by atoms with van der Waals surface area (Å²) in [4.78, 5) is 0.238. The minimum atomic E-state index is -3.56. The minimum Gasteiger partial charge on any atom is -0.395 e. The van der Waals surface area contributed by atoms with Gasteiger partial charge in [0.1, 0.15) is 0 Å². The van der Waals surface area contributed by atoms with E-state index in [1.165, 1.54) is 4.31 Å². The minimum absolute atomic E-state index is 0.0796. The quantitative estimate of drug-likeness (QED) is 0.766. The summed E-state index contributed by atoms with van der Waals surface area (Å²) in [5.74, 6) is 0. The Labute approximate surface area is 109 Å². The summed E-state index contributed by atoms with van der Waals surface area (Å²) in [7, 11) is -3.56. The van der Waals surface area contributed by atoms with E-state index < -0.39 is 10.0 Å². The van der Waals surface area contributed by atoms with Gasteiger partial charge in [0.25, 0.3) is 0 Å². The molecule has 5 heteroatoms. The lowest BCUT2D eigenvalue weighted by atomic mass is 10.2. The third kappa shape index (κ3) is 3.66. The number of rotatable bonds is 7. The molecule has 0 unspecified atom stereocenters. The summed E-state index contributed by atoms with van der Waals surface area (Å²) in [5.41, 5.74) is 0.822. The van der Waals surface area contributed by atoms with Crippen LogP contribution in [0.25, 0.3) is 0 Å². The van der Waals surface area contributed by atoms with E-state index in [1.54, 1.807) is 30.3 Å². The Balaban J connectivity index is 3.01. The average molecular weight is 269 g/mol. The molecule has 1 rings (SSSR count). The van der Waals surface area contributed by atoms with E-state index >= 15 is 0 Å². The van der Waals surface area contributed by atoms with Crippen LogP contribution >= 0.6 is 0 Å². The van der Waals surface area contributed by atoms with Gasteiger partial charge in [-0.05, 0) is 18.6 Å². The Morgan fingerprint density at radius 1 is 1.33 bits per heavy atom. The zero-order valence-electron chi connectivity index (χ0n) is 10.5. The average Bonchev–Trinajstić information content (AvgIpc) is 2.39. The zero-order valence-corrected chi connectivity index (χ0v) is 11.4. The lowest BCUT2D eigenvalue weighted by Crippen LogP contribution is -2.35. The van der Waals surface area contributed by atoms with Crippen molar-refractivity contribution in [2.24, 2.45) is 0 Å². The van der Waals surface area contributed by atoms with Crippen LogP contribution < -0.4 is 0 Å². The highest BCUT2D eigenvalue weighted by Gasteiger charge is 2.23. The van der Waals surface area contributed by atoms with Crippen molar-refractivity contribution in [3.8, 4) is 0 Å². The zero-order chi connectivity index (χ0) is 13.6. The maximum Gasteiger partial charge on any atom is 0.243 e. The molecule has 1 N–H and O–H groups in total. The molecule has 1 aromatic rings. The number of aliphatic hydroxyl groups is 1. The number of sulfonamides is 1. The SMILES string of the molecule is C=C(CC)CN(CCO)S(=O)(=O)c1ccccc1. The molecule has 0 bridgehead atoms. The van der Waals surface area contributed by atoms with Gasteiger partial charge in [-0.25, -0.2) is 8.42 Å². The highest BCUT2D eigenvalue weighted by atomic mass is 32.2. The van der Waals surface area contributed by atoms with Gasteiger partial charge < -0.3 is 5.11 Å². The first kappa shape index (κ1) is 14.9. The highest BCUT2D eigenvalue weighted by Crippen LogP contribution is 2.16. The van der Waals surface area contributed by atoms with E-state index in [0.717, 1.165) is 5.57 Å². The second-order valence-electron chi connectivity index (χ2n) is 3.98. The van der Waals surface area contributed by atoms with Crippen LogP contribution in [-0.4, -0.2) is 37.5 Å². The fourth-order valence-corrected chi connectivity index (χ4v) is 2.97. The molecular formula is C13H19NO3S. The fourth-order valence-electron chi connectivity index (χ4n) is 1.50. The Morgan fingerprint density at radius 3 is 2.44 bits per heavy atom. The molecule has 4 nitrogen and oxygen atoms in total. The van der Waals surface area contributed by atoms with Crippen molar-refractivity contribution < 1.29 is 13.5 Å². The Bertz CT molecular complexity index is 482. The molecule has 0 aliphatic rings. The van der Waals surface area contributed by atoms with Gasteiger partial charge in [-0.15, -0.1) is 0 Å². The maximum absolute atomic E-state index is 12.3. The topological polar surface area (TPSA) is 57.6 Å². The van der Waals surface area contributed by atoms with Gasteiger partial charge in [-0.3, -0.25) is 0 Å². The fraction of sp³-hybridized carbons (Fsp3) is 0.385. The molecule has 0 amide bonds. The predicted octanol–water partition coefficient (Wildman–Crippen LogP) is 1.64. The molecule has 0 saturated carbocycles. The van der Waals surface area contributed by atoms with Crippen molar-refractivity contribution in [2.75, 3.05) is 19.7 Å². The van der Waals surface area contributed by atoms with Crippen molar-refractivity contribution in [2.45, 2.75) is 18.2 Å². The van der Waals surface area contributed by atoms with Crippen molar-refractivity contribution in [1.29, 1.82) is 0 Å². The largest absolute Gasteiger partial charge is 0.395 e. The summed E-state index contributed by atoms with van der Waals surface area (Å²) < 4.78 is 26.0. The number of aliphatic hydroxyl groups excluding tert-OH is 1. The summed E-state index contributed by atoms with van der Waals surface area (Å²) in [6.45, 7) is 5.86. The van der Waals surface area contributed by atoms with E-state index in [1.807, 2.05) is 6.92 Å². The van der Waals surface area contributed by atoms with Crippen LogP contribution in [0, 0.1) is 0 Å². The van der Waals surface area contributed by atoms with Crippen LogP contribution in [0.4, 0.5) is 0 Å². The number of nitrogens with zero attached hydrogens (tertiary/aromatic N) is 1. The number of hydrogen-bond acceptors (Lipinski definition) is 3. The number of benzene rings is 1. The van der Waals surface area contributed by atoms with Crippen LogP contribution in [0.5, 0.6) is 0 Å². The molecule has 18 heavy (non-hydrogen) atoms. The third-order valence-electron chi connectivity index (χ3n) is 2.63. The molecule has 0 heterocycles. The summed E-state index contributed by atoms with van der Waals surface area (Å²) in [6.07, 6.45) is 0.715. The second-order valence-corrected chi connectivity index (χ2v) is 5.92. The third-order valence-corrected chi connectivity index (χ3v) is 4.49. The molecule has 0 spiro atoms. The monoisotopic (exact) mass is 269 g/mol. The molecule has 0 radical (unpaired) electrons. The van der Waals surface area contributed by atoms with Crippen molar-refractivity contribution in [3.05, 3.63) is 42.5 Å². The molecule has 0 aromatic heterocycles. The second kappa shape index (κ2) is 6.68. The predicted molar refractivity (Wildman–Crippen MR) is 71.7 cm³/mol. The maximum atomic E-state index is 12.3. The van der Waals surface area contributed by atoms with E-state index in [0.29, 0.717) is 6.42 Å². The first-order valence-corrected chi connectivity index (χ1v) is 7.29. The van der Waals surface area contributed by atoms with E-state index in [9.17, 15) is 8.42 Å². The number of hydrogen-bond donors (Lipinski definition) is 1. The smallest absolute Gasteiger partial charge is 0.243 e. The van der Waals surface area contributed by atoms with Crippen LogP contribution in [0.3, 0.4) is 0 Å². The first-order valence-electron chi connectivity index (χ1n) is 5.85. The Hall–Kier alpha value is -1.17. The lowest BCUT2D eigenvalue weighted by molar-refractivity contribution is 0.258. The Morgan fingerprint density at radius 2 is 1.94 bits per heavy atom. The standard InChI is InChI=1S/C13H19NO3S/c1-3-12(2)11-14(9-10-15)18(16,17)13-7-5-4-6-8-13/h4-8,15H,2-3,9-11H2,1H3. The van der Waals surface area contributed by atoms with Crippen LogP contribution in [-0.2, 0) is 10.0 Å². The van der Waals surface area contributed by atoms with E-state index in [-0.39, 0.29) is 24.6 Å². The molecule has 0 aliphatic heterocycles. The van der Waals surface area contributed by atoms with Gasteiger partial charge >= 0.3 is 0 Å². The van der Waals surface area contributed by atoms with Crippen molar-refractivity contribution >= 4 is 10.0 Å². The normalized spacial score (nSPS) is 11.7. The van der Waals surface area contributed by atoms with Crippen LogP contribution in [0.1, 0.15) is 13.3 Å². The van der Waals surface area contributed by atoms with Crippen LogP contribution in [0.2, 0.25) is 0 Å². The van der Waals surface area contributed by atoms with Crippen molar-refractivity contribution in [1.82, 2.24) is 4.31 Å². The molecule has 0 saturated heterocycles. The van der Waals surface area contributed by atoms with Gasteiger partial charge in [-0.2, -0.15) is 4.31 Å². The molecule has 0 aliphatic carbocycles. The summed E-state index contributed by atoms with van der Waals surface area (Å²) >= 11 is 0. The van der Waals surface area contributed by atoms with Gasteiger partial charge in [0, 0.05) is 13.1 Å². The Kier molecular flexibility index (Phi) is 5.53. The lowest BCUT2D eigenvalue weighted by Gasteiger charge is -2.22. The molecule has 0 fully saturated rings. The van der Waals surface area contributed by atoms with E-state index in [4.69, 9.17) is 5.11 Å². The molecule has 1 aromatic carbocycles. The van der Waals surface area contributed by atoms with Crippen molar-refractivity contribution in [3.63, 3.8) is 0 Å². The van der Waals surface area contributed by atoms with Gasteiger partial charge in [0.15, 0.2) is 0 Å². The van der Waals surface area contributed by atoms with Gasteiger partial charge in [-0.1, -0.05) is 37.3 Å². The molecular weight excluding hydrogens is 250 g/mol.